The largest absolute Gasteiger partial charge is 0.489 e. The van der Waals surface area contributed by atoms with E-state index in [0.29, 0.717) is 25.4 Å². The van der Waals surface area contributed by atoms with Gasteiger partial charge in [0.15, 0.2) is 0 Å². The minimum absolute atomic E-state index is 0.104. The molecule has 1 aromatic heterocycles. The molecule has 0 radical (unpaired) electrons. The first kappa shape index (κ1) is 13.9. The van der Waals surface area contributed by atoms with Crippen LogP contribution in [0, 0.1) is 0 Å². The van der Waals surface area contributed by atoms with Crippen molar-refractivity contribution in [2.45, 2.75) is 39.4 Å². The molecule has 4 heteroatoms. The predicted octanol–water partition coefficient (Wildman–Crippen LogP) is 2.33. The highest BCUT2D eigenvalue weighted by Crippen LogP contribution is 2.20. The number of aromatic nitrogens is 1. The van der Waals surface area contributed by atoms with Crippen LogP contribution in [-0.2, 0) is 4.74 Å². The van der Waals surface area contributed by atoms with Crippen LogP contribution >= 0.6 is 0 Å². The normalized spacial score (nSPS) is 12.8. The quantitative estimate of drug-likeness (QED) is 0.742. The van der Waals surface area contributed by atoms with E-state index in [2.05, 4.69) is 4.98 Å². The van der Waals surface area contributed by atoms with Gasteiger partial charge in [0, 0.05) is 31.4 Å². The van der Waals surface area contributed by atoms with Crippen LogP contribution in [0.25, 0.3) is 0 Å². The molecular weight excluding hydrogens is 218 g/mol. The van der Waals surface area contributed by atoms with E-state index in [4.69, 9.17) is 9.47 Å². The molecule has 96 valence electrons. The molecule has 1 N–H and O–H groups in total. The van der Waals surface area contributed by atoms with Crippen LogP contribution < -0.4 is 4.74 Å². The summed E-state index contributed by atoms with van der Waals surface area (Å²) < 4.78 is 10.7. The summed E-state index contributed by atoms with van der Waals surface area (Å²) >= 11 is 0. The van der Waals surface area contributed by atoms with Gasteiger partial charge in [0.2, 0.25) is 0 Å². The van der Waals surface area contributed by atoms with Crippen molar-refractivity contribution in [3.8, 4) is 5.75 Å². The van der Waals surface area contributed by atoms with Gasteiger partial charge in [0.25, 0.3) is 0 Å². The van der Waals surface area contributed by atoms with Gasteiger partial charge in [-0.05, 0) is 26.8 Å². The van der Waals surface area contributed by atoms with Crippen molar-refractivity contribution in [3.05, 3.63) is 24.0 Å². The Bertz CT molecular complexity index is 328. The second-order valence-electron chi connectivity index (χ2n) is 4.12. The molecule has 0 aromatic carbocycles. The van der Waals surface area contributed by atoms with Crippen LogP contribution in [0.5, 0.6) is 5.75 Å². The molecule has 4 nitrogen and oxygen atoms in total. The summed E-state index contributed by atoms with van der Waals surface area (Å²) in [6.07, 6.45) is 3.43. The Morgan fingerprint density at radius 3 is 2.76 bits per heavy atom. The maximum atomic E-state index is 9.93. The molecule has 0 saturated carbocycles. The number of ether oxygens (including phenoxy) is 2. The van der Waals surface area contributed by atoms with Crippen molar-refractivity contribution in [1.29, 1.82) is 0 Å². The van der Waals surface area contributed by atoms with E-state index in [9.17, 15) is 5.11 Å². The average Bonchev–Trinajstić information content (AvgIpc) is 2.28. The fraction of sp³-hybridized carbons (Fsp3) is 0.615. The fourth-order valence-electron chi connectivity index (χ4n) is 1.46. The highest BCUT2D eigenvalue weighted by atomic mass is 16.5. The van der Waals surface area contributed by atoms with Gasteiger partial charge in [-0.3, -0.25) is 4.98 Å². The second kappa shape index (κ2) is 7.25. The SMILES string of the molecule is CCOCCC(O)c1cncc(OC(C)C)c1. The molecule has 0 amide bonds. The van der Waals surface area contributed by atoms with Gasteiger partial charge >= 0.3 is 0 Å². The van der Waals surface area contributed by atoms with Crippen molar-refractivity contribution in [2.75, 3.05) is 13.2 Å². The lowest BCUT2D eigenvalue weighted by Crippen LogP contribution is -2.08. The molecule has 0 aliphatic rings. The Balaban J connectivity index is 2.57. The molecule has 0 bridgehead atoms. The molecule has 0 spiro atoms. The molecule has 0 saturated heterocycles. The molecule has 0 aliphatic heterocycles. The lowest BCUT2D eigenvalue weighted by atomic mass is 10.1. The first-order valence-corrected chi connectivity index (χ1v) is 6.01. The third kappa shape index (κ3) is 5.15. The van der Waals surface area contributed by atoms with Crippen LogP contribution in [0.4, 0.5) is 0 Å². The molecule has 1 atom stereocenters. The summed E-state index contributed by atoms with van der Waals surface area (Å²) in [6.45, 7) is 7.07. The molecule has 1 rings (SSSR count). The Morgan fingerprint density at radius 1 is 1.35 bits per heavy atom. The standard InChI is InChI=1S/C13H21NO3/c1-4-16-6-5-13(15)11-7-12(9-14-8-11)17-10(2)3/h7-10,13,15H,4-6H2,1-3H3. The van der Waals surface area contributed by atoms with E-state index in [1.807, 2.05) is 26.8 Å². The summed E-state index contributed by atoms with van der Waals surface area (Å²) in [7, 11) is 0. The lowest BCUT2D eigenvalue weighted by molar-refractivity contribution is 0.0882. The van der Waals surface area contributed by atoms with Crippen molar-refractivity contribution >= 4 is 0 Å². The van der Waals surface area contributed by atoms with Gasteiger partial charge in [-0.2, -0.15) is 0 Å². The molecule has 0 aliphatic carbocycles. The lowest BCUT2D eigenvalue weighted by Gasteiger charge is -2.13. The maximum Gasteiger partial charge on any atom is 0.138 e. The third-order valence-corrected chi connectivity index (χ3v) is 2.23. The molecule has 1 aromatic rings. The van der Waals surface area contributed by atoms with E-state index < -0.39 is 6.10 Å². The summed E-state index contributed by atoms with van der Waals surface area (Å²) in [5.74, 6) is 0.688. The van der Waals surface area contributed by atoms with Crippen molar-refractivity contribution < 1.29 is 14.6 Å². The predicted molar refractivity (Wildman–Crippen MR) is 66.1 cm³/mol. The molecule has 1 unspecified atom stereocenters. The zero-order chi connectivity index (χ0) is 12.7. The van der Waals surface area contributed by atoms with E-state index in [0.717, 1.165) is 5.56 Å². The van der Waals surface area contributed by atoms with Crippen molar-refractivity contribution in [2.24, 2.45) is 0 Å². The minimum Gasteiger partial charge on any atom is -0.489 e. The Kier molecular flexibility index (Phi) is 5.94. The molecule has 17 heavy (non-hydrogen) atoms. The van der Waals surface area contributed by atoms with Gasteiger partial charge in [-0.25, -0.2) is 0 Å². The van der Waals surface area contributed by atoms with Crippen LogP contribution in [0.2, 0.25) is 0 Å². The number of nitrogens with zero attached hydrogens (tertiary/aromatic N) is 1. The Morgan fingerprint density at radius 2 is 2.12 bits per heavy atom. The van der Waals surface area contributed by atoms with Crippen LogP contribution in [0.3, 0.4) is 0 Å². The van der Waals surface area contributed by atoms with Gasteiger partial charge in [0.1, 0.15) is 5.75 Å². The monoisotopic (exact) mass is 239 g/mol. The smallest absolute Gasteiger partial charge is 0.138 e. The molecule has 0 fully saturated rings. The second-order valence-corrected chi connectivity index (χ2v) is 4.12. The number of pyridine rings is 1. The van der Waals surface area contributed by atoms with E-state index in [1.54, 1.807) is 12.4 Å². The average molecular weight is 239 g/mol. The number of aliphatic hydroxyl groups excluding tert-OH is 1. The highest BCUT2D eigenvalue weighted by Gasteiger charge is 2.09. The Labute approximate surface area is 103 Å². The topological polar surface area (TPSA) is 51.6 Å². The zero-order valence-corrected chi connectivity index (χ0v) is 10.7. The van der Waals surface area contributed by atoms with Crippen molar-refractivity contribution in [3.63, 3.8) is 0 Å². The minimum atomic E-state index is -0.551. The number of aliphatic hydroxyl groups is 1. The first-order chi connectivity index (χ1) is 8.13. The first-order valence-electron chi connectivity index (χ1n) is 6.01. The Hall–Kier alpha value is -1.13. The van der Waals surface area contributed by atoms with Crippen LogP contribution in [0.1, 0.15) is 38.9 Å². The highest BCUT2D eigenvalue weighted by molar-refractivity contribution is 5.25. The van der Waals surface area contributed by atoms with E-state index in [1.165, 1.54) is 0 Å². The van der Waals surface area contributed by atoms with Gasteiger partial charge in [-0.15, -0.1) is 0 Å². The van der Waals surface area contributed by atoms with Crippen molar-refractivity contribution in [1.82, 2.24) is 4.98 Å². The van der Waals surface area contributed by atoms with Crippen LogP contribution in [-0.4, -0.2) is 29.4 Å². The third-order valence-electron chi connectivity index (χ3n) is 2.23. The molecular formula is C13H21NO3. The summed E-state index contributed by atoms with van der Waals surface area (Å²) in [5, 5.41) is 9.93. The van der Waals surface area contributed by atoms with E-state index >= 15 is 0 Å². The zero-order valence-electron chi connectivity index (χ0n) is 10.7. The number of hydrogen-bond acceptors (Lipinski definition) is 4. The van der Waals surface area contributed by atoms with Gasteiger partial charge in [-0.1, -0.05) is 0 Å². The maximum absolute atomic E-state index is 9.93. The van der Waals surface area contributed by atoms with Gasteiger partial charge < -0.3 is 14.6 Å². The fourth-order valence-corrected chi connectivity index (χ4v) is 1.46. The van der Waals surface area contributed by atoms with Gasteiger partial charge in [0.05, 0.1) is 18.4 Å². The molecule has 1 heterocycles. The summed E-state index contributed by atoms with van der Waals surface area (Å²) in [4.78, 5) is 4.06. The summed E-state index contributed by atoms with van der Waals surface area (Å²) in [6, 6.07) is 1.82. The van der Waals surface area contributed by atoms with Crippen LogP contribution in [0.15, 0.2) is 18.5 Å². The summed E-state index contributed by atoms with van der Waals surface area (Å²) in [5.41, 5.74) is 0.767. The number of rotatable bonds is 7. The number of hydrogen-bond donors (Lipinski definition) is 1. The van der Waals surface area contributed by atoms with E-state index in [-0.39, 0.29) is 6.10 Å².